The lowest BCUT2D eigenvalue weighted by atomic mass is 10.1. The lowest BCUT2D eigenvalue weighted by Gasteiger charge is -2.41. The Balaban J connectivity index is 1.62. The van der Waals surface area contributed by atoms with Gasteiger partial charge in [-0.1, -0.05) is 49.2 Å². The topological polar surface area (TPSA) is 71.0 Å². The van der Waals surface area contributed by atoms with E-state index >= 15 is 0 Å². The van der Waals surface area contributed by atoms with Crippen LogP contribution in [0.4, 0.5) is 30.8 Å². The Morgan fingerprint density at radius 1 is 1.05 bits per heavy atom. The van der Waals surface area contributed by atoms with Gasteiger partial charge in [-0.15, -0.1) is 0 Å². The van der Waals surface area contributed by atoms with E-state index in [1.807, 2.05) is 0 Å². The van der Waals surface area contributed by atoms with Gasteiger partial charge in [0, 0.05) is 54.1 Å². The lowest BCUT2D eigenvalue weighted by Crippen LogP contribution is -2.30. The van der Waals surface area contributed by atoms with Crippen molar-refractivity contribution in [2.45, 2.75) is 30.2 Å². The van der Waals surface area contributed by atoms with Crippen molar-refractivity contribution in [3.8, 4) is 11.5 Å². The molecule has 6 nitrogen and oxygen atoms in total. The number of fused-ring (bicyclic) bond motifs is 1. The SMILES string of the molecule is COc1cc(NC(CN2CCc3ccc(S(F)(F)(F)(F)F)cc32)c2ccc(Cl)cc2)cc(OCCCC(=O)O)c1. The molecule has 1 heterocycles. The Morgan fingerprint density at radius 3 is 2.40 bits per heavy atom. The van der Waals surface area contributed by atoms with Crippen LogP contribution in [0.5, 0.6) is 11.5 Å². The van der Waals surface area contributed by atoms with Crippen molar-refractivity contribution in [2.75, 3.05) is 37.0 Å². The molecule has 1 atom stereocenters. The summed E-state index contributed by atoms with van der Waals surface area (Å²) in [4.78, 5) is 10.5. The zero-order chi connectivity index (χ0) is 29.2. The van der Waals surface area contributed by atoms with Crippen molar-refractivity contribution >= 4 is 39.2 Å². The smallest absolute Gasteiger partial charge is 0.310 e. The molecule has 1 unspecified atom stereocenters. The second-order valence-corrected chi connectivity index (χ2v) is 12.3. The lowest BCUT2D eigenvalue weighted by molar-refractivity contribution is -0.137. The Morgan fingerprint density at radius 2 is 1.75 bits per heavy atom. The van der Waals surface area contributed by atoms with Gasteiger partial charge in [0.2, 0.25) is 0 Å². The van der Waals surface area contributed by atoms with Crippen LogP contribution in [-0.2, 0) is 11.2 Å². The number of carbonyl (C=O) groups is 1. The molecule has 1 aliphatic rings. The average molecular weight is 607 g/mol. The number of hydrogen-bond acceptors (Lipinski definition) is 5. The first-order valence-electron chi connectivity index (χ1n) is 12.3. The standard InChI is InChI=1S/C27H28ClF5N2O4S/c1-38-22-13-21(14-23(15-22)39-12-2-3-27(36)37)34-25(18-4-7-20(28)8-5-18)17-35-11-10-19-6-9-24(16-26(19)35)40(29,30,31,32)33/h4-9,13-16,25,34H,2-3,10-12,17H2,1H3,(H,36,37). The number of ether oxygens (including phenoxy) is 2. The summed E-state index contributed by atoms with van der Waals surface area (Å²) in [6.07, 6.45) is 0.670. The molecule has 0 amide bonds. The van der Waals surface area contributed by atoms with Crippen LogP contribution in [0.25, 0.3) is 0 Å². The summed E-state index contributed by atoms with van der Waals surface area (Å²) < 4.78 is 78.9. The molecular weight excluding hydrogens is 579 g/mol. The van der Waals surface area contributed by atoms with Gasteiger partial charge in [0.15, 0.2) is 0 Å². The van der Waals surface area contributed by atoms with Gasteiger partial charge in [0.25, 0.3) is 0 Å². The van der Waals surface area contributed by atoms with Crippen LogP contribution < -0.4 is 19.7 Å². The molecule has 0 saturated heterocycles. The number of nitrogens with one attached hydrogen (secondary N) is 1. The summed E-state index contributed by atoms with van der Waals surface area (Å²) in [5.74, 6) is -0.0483. The predicted molar refractivity (Wildman–Crippen MR) is 147 cm³/mol. The van der Waals surface area contributed by atoms with Gasteiger partial charge in [-0.05, 0) is 48.2 Å². The van der Waals surface area contributed by atoms with Gasteiger partial charge >= 0.3 is 16.2 Å². The molecule has 0 bridgehead atoms. The van der Waals surface area contributed by atoms with E-state index in [1.165, 1.54) is 7.11 Å². The number of carboxylic acid groups (broad SMARTS) is 1. The minimum atomic E-state index is -9.85. The molecule has 0 saturated carbocycles. The van der Waals surface area contributed by atoms with Crippen molar-refractivity contribution < 1.29 is 38.8 Å². The molecule has 3 aromatic rings. The van der Waals surface area contributed by atoms with Gasteiger partial charge in [-0.25, -0.2) is 0 Å². The zero-order valence-corrected chi connectivity index (χ0v) is 23.0. The van der Waals surface area contributed by atoms with E-state index in [4.69, 9.17) is 26.2 Å². The fraction of sp³-hybridized carbons (Fsp3) is 0.296. The number of rotatable bonds is 12. The van der Waals surface area contributed by atoms with Crippen LogP contribution in [0.3, 0.4) is 0 Å². The number of methoxy groups -OCH3 is 1. The summed E-state index contributed by atoms with van der Waals surface area (Å²) in [6, 6.07) is 13.5. The minimum Gasteiger partial charge on any atom is -0.497 e. The molecule has 40 heavy (non-hydrogen) atoms. The minimum absolute atomic E-state index is 0.0469. The van der Waals surface area contributed by atoms with E-state index in [-0.39, 0.29) is 25.3 Å². The van der Waals surface area contributed by atoms with Gasteiger partial charge in [-0.2, -0.15) is 0 Å². The zero-order valence-electron chi connectivity index (χ0n) is 21.4. The van der Waals surface area contributed by atoms with E-state index in [0.717, 1.165) is 11.6 Å². The maximum Gasteiger partial charge on any atom is 0.310 e. The maximum atomic E-state index is 13.6. The van der Waals surface area contributed by atoms with E-state index in [2.05, 4.69) is 5.32 Å². The number of nitrogens with zero attached hydrogens (tertiary/aromatic N) is 1. The van der Waals surface area contributed by atoms with E-state index in [9.17, 15) is 24.2 Å². The average Bonchev–Trinajstić information content (AvgIpc) is 3.27. The number of aliphatic carboxylic acids is 1. The number of halogens is 6. The molecule has 1 aliphatic heterocycles. The third-order valence-electron chi connectivity index (χ3n) is 6.43. The van der Waals surface area contributed by atoms with Crippen LogP contribution in [0, 0.1) is 0 Å². The molecule has 218 valence electrons. The first kappa shape index (κ1) is 29.6. The number of anilines is 2. The van der Waals surface area contributed by atoms with Crippen molar-refractivity contribution in [3.63, 3.8) is 0 Å². The van der Waals surface area contributed by atoms with E-state index in [0.29, 0.717) is 59.3 Å². The first-order valence-corrected chi connectivity index (χ1v) is 14.6. The Hall–Kier alpha value is -3.38. The number of carboxylic acids is 1. The predicted octanol–water partition coefficient (Wildman–Crippen LogP) is 8.47. The largest absolute Gasteiger partial charge is 0.497 e. The maximum absolute atomic E-state index is 13.6. The Kier molecular flexibility index (Phi) is 7.81. The highest BCUT2D eigenvalue weighted by atomic mass is 35.5. The van der Waals surface area contributed by atoms with Gasteiger partial charge in [-0.3, -0.25) is 4.79 Å². The fourth-order valence-electron chi connectivity index (χ4n) is 4.48. The third kappa shape index (κ3) is 7.63. The molecule has 4 rings (SSSR count). The molecular formula is C27H28ClF5N2O4S. The van der Waals surface area contributed by atoms with Crippen LogP contribution >= 0.6 is 21.8 Å². The van der Waals surface area contributed by atoms with Crippen molar-refractivity contribution in [1.82, 2.24) is 0 Å². The van der Waals surface area contributed by atoms with Crippen LogP contribution in [0.15, 0.2) is 65.6 Å². The monoisotopic (exact) mass is 606 g/mol. The molecule has 0 radical (unpaired) electrons. The number of benzene rings is 3. The molecule has 0 aromatic heterocycles. The number of hydrogen-bond donors (Lipinski definition) is 2. The normalized spacial score (nSPS) is 15.5. The second kappa shape index (κ2) is 10.5. The summed E-state index contributed by atoms with van der Waals surface area (Å²) in [5.41, 5.74) is 1.99. The van der Waals surface area contributed by atoms with Crippen LogP contribution in [0.1, 0.15) is 30.0 Å². The summed E-state index contributed by atoms with van der Waals surface area (Å²) >= 11 is 6.07. The van der Waals surface area contributed by atoms with Crippen molar-refractivity contribution in [1.29, 1.82) is 0 Å². The highest BCUT2D eigenvalue weighted by molar-refractivity contribution is 8.45. The van der Waals surface area contributed by atoms with Gasteiger partial charge in [0.1, 0.15) is 16.4 Å². The molecule has 0 fully saturated rings. The van der Waals surface area contributed by atoms with Crippen LogP contribution in [-0.4, -0.2) is 37.9 Å². The fourth-order valence-corrected chi connectivity index (χ4v) is 5.26. The van der Waals surface area contributed by atoms with Gasteiger partial charge in [0.05, 0.1) is 19.8 Å². The summed E-state index contributed by atoms with van der Waals surface area (Å²) in [5, 5.41) is 12.7. The molecule has 13 heteroatoms. The van der Waals surface area contributed by atoms with E-state index < -0.39 is 27.1 Å². The van der Waals surface area contributed by atoms with Crippen molar-refractivity contribution in [2.24, 2.45) is 0 Å². The molecule has 2 N–H and O–H groups in total. The Labute approximate surface area is 233 Å². The van der Waals surface area contributed by atoms with Crippen LogP contribution in [0.2, 0.25) is 5.02 Å². The summed E-state index contributed by atoms with van der Waals surface area (Å²) in [7, 11) is -8.38. The highest BCUT2D eigenvalue weighted by Crippen LogP contribution is 3.02. The molecule has 3 aromatic carbocycles. The highest BCUT2D eigenvalue weighted by Gasteiger charge is 2.65. The van der Waals surface area contributed by atoms with Crippen molar-refractivity contribution in [3.05, 3.63) is 76.8 Å². The third-order valence-corrected chi connectivity index (χ3v) is 7.83. The van der Waals surface area contributed by atoms with E-state index in [1.54, 1.807) is 47.4 Å². The first-order chi connectivity index (χ1) is 18.6. The molecule has 0 aliphatic carbocycles. The van der Waals surface area contributed by atoms with Gasteiger partial charge < -0.3 is 24.8 Å². The second-order valence-electron chi connectivity index (χ2n) is 9.45. The molecule has 0 spiro atoms. The Bertz CT molecular complexity index is 1390. The summed E-state index contributed by atoms with van der Waals surface area (Å²) in [6.45, 7) is 0.671. The quantitative estimate of drug-likeness (QED) is 0.159.